The minimum Gasteiger partial charge on any atom is -0.494 e. The van der Waals surface area contributed by atoms with Crippen molar-refractivity contribution in [2.24, 2.45) is 0 Å². The summed E-state index contributed by atoms with van der Waals surface area (Å²) in [7, 11) is 0. The van der Waals surface area contributed by atoms with E-state index in [4.69, 9.17) is 4.74 Å². The molecule has 1 unspecified atom stereocenters. The fraction of sp³-hybridized carbons (Fsp3) is 0.700. The van der Waals surface area contributed by atoms with E-state index in [-0.39, 0.29) is 6.61 Å². The lowest BCUT2D eigenvalue weighted by molar-refractivity contribution is 0.0407. The lowest BCUT2D eigenvalue weighted by Crippen LogP contribution is -2.56. The first kappa shape index (κ1) is 20.3. The van der Waals surface area contributed by atoms with E-state index in [0.717, 1.165) is 38.3 Å². The van der Waals surface area contributed by atoms with E-state index < -0.39 is 0 Å². The van der Waals surface area contributed by atoms with E-state index in [0.29, 0.717) is 18.7 Å². The van der Waals surface area contributed by atoms with Crippen LogP contribution in [0.3, 0.4) is 0 Å². The van der Waals surface area contributed by atoms with Crippen LogP contribution < -0.4 is 4.74 Å². The fourth-order valence-electron chi connectivity index (χ4n) is 3.79. The summed E-state index contributed by atoms with van der Waals surface area (Å²) in [5.74, 6) is 6.05. The molecule has 6 heteroatoms. The zero-order valence-electron chi connectivity index (χ0n) is 15.8. The summed E-state index contributed by atoms with van der Waals surface area (Å²) in [5, 5.41) is 9.57. The zero-order chi connectivity index (χ0) is 18.2. The molecule has 1 atom stereocenters. The third kappa shape index (κ3) is 5.80. The van der Waals surface area contributed by atoms with Gasteiger partial charge in [-0.2, -0.15) is 23.5 Å². The summed E-state index contributed by atoms with van der Waals surface area (Å²) in [6, 6.07) is 9.62. The lowest BCUT2D eigenvalue weighted by atomic mass is 10.1. The largest absolute Gasteiger partial charge is 0.494 e. The van der Waals surface area contributed by atoms with Crippen molar-refractivity contribution in [3.8, 4) is 5.75 Å². The Hall–Kier alpha value is -0.400. The van der Waals surface area contributed by atoms with Crippen molar-refractivity contribution < 1.29 is 9.84 Å². The molecule has 1 aromatic carbocycles. The normalized spacial score (nSPS) is 23.7. The molecule has 146 valence electrons. The average Bonchev–Trinajstić information content (AvgIpc) is 2.95. The smallest absolute Gasteiger partial charge is 0.119 e. The number of ether oxygens (including phenoxy) is 1. The number of benzene rings is 1. The van der Waals surface area contributed by atoms with Crippen molar-refractivity contribution in [1.82, 2.24) is 9.80 Å². The highest BCUT2D eigenvalue weighted by Crippen LogP contribution is 2.25. The van der Waals surface area contributed by atoms with Gasteiger partial charge in [0.2, 0.25) is 0 Å². The second kappa shape index (κ2) is 10.8. The maximum atomic E-state index is 9.57. The Balaban J connectivity index is 1.58. The molecule has 0 saturated carbocycles. The molecule has 1 N–H and O–H groups in total. The van der Waals surface area contributed by atoms with Crippen molar-refractivity contribution in [2.75, 3.05) is 55.9 Å². The molecule has 2 fully saturated rings. The minimum atomic E-state index is 0.270. The Morgan fingerprint density at radius 1 is 1.12 bits per heavy atom. The number of piperazine rings is 1. The minimum absolute atomic E-state index is 0.270. The van der Waals surface area contributed by atoms with Gasteiger partial charge in [-0.3, -0.25) is 9.80 Å². The van der Waals surface area contributed by atoms with Gasteiger partial charge < -0.3 is 9.84 Å². The molecular formula is C20H32N2O2S2. The molecule has 2 aliphatic heterocycles. The summed E-state index contributed by atoms with van der Waals surface area (Å²) in [4.78, 5) is 5.24. The van der Waals surface area contributed by atoms with E-state index >= 15 is 0 Å². The number of rotatable bonds is 7. The Morgan fingerprint density at radius 2 is 1.85 bits per heavy atom. The Kier molecular flexibility index (Phi) is 8.46. The Labute approximate surface area is 166 Å². The van der Waals surface area contributed by atoms with Gasteiger partial charge in [0.25, 0.3) is 0 Å². The van der Waals surface area contributed by atoms with Crippen LogP contribution in [0.15, 0.2) is 24.3 Å². The maximum absolute atomic E-state index is 9.57. The molecule has 0 radical (unpaired) electrons. The summed E-state index contributed by atoms with van der Waals surface area (Å²) in [6.45, 7) is 7.26. The molecule has 0 aliphatic carbocycles. The number of nitrogens with zero attached hydrogens (tertiary/aromatic N) is 2. The van der Waals surface area contributed by atoms with Crippen LogP contribution in [-0.4, -0.2) is 82.8 Å². The number of thioether (sulfide) groups is 2. The summed E-state index contributed by atoms with van der Waals surface area (Å²) in [6.07, 6.45) is 0.862. The highest BCUT2D eigenvalue weighted by atomic mass is 32.2. The van der Waals surface area contributed by atoms with Crippen molar-refractivity contribution in [1.29, 1.82) is 0 Å². The molecule has 2 saturated heterocycles. The Bertz CT molecular complexity index is 521. The fourth-order valence-corrected chi connectivity index (χ4v) is 6.41. The monoisotopic (exact) mass is 396 g/mol. The molecule has 0 aromatic heterocycles. The van der Waals surface area contributed by atoms with Crippen LogP contribution in [0, 0.1) is 0 Å². The first-order chi connectivity index (χ1) is 12.8. The molecule has 26 heavy (non-hydrogen) atoms. The van der Waals surface area contributed by atoms with Gasteiger partial charge in [0, 0.05) is 67.9 Å². The van der Waals surface area contributed by atoms with Crippen LogP contribution in [-0.2, 0) is 6.54 Å². The van der Waals surface area contributed by atoms with Crippen molar-refractivity contribution in [3.05, 3.63) is 29.8 Å². The van der Waals surface area contributed by atoms with Crippen LogP contribution in [0.4, 0.5) is 0 Å². The summed E-state index contributed by atoms with van der Waals surface area (Å²) < 4.78 is 5.54. The van der Waals surface area contributed by atoms with Crippen LogP contribution >= 0.6 is 23.5 Å². The molecule has 3 rings (SSSR count). The topological polar surface area (TPSA) is 35.9 Å². The molecule has 2 aliphatic rings. The van der Waals surface area contributed by atoms with Gasteiger partial charge in [0.1, 0.15) is 5.75 Å². The van der Waals surface area contributed by atoms with Crippen LogP contribution in [0.2, 0.25) is 0 Å². The van der Waals surface area contributed by atoms with Crippen LogP contribution in [0.5, 0.6) is 5.75 Å². The number of aliphatic hydroxyl groups excluding tert-OH is 1. The number of hydrogen-bond acceptors (Lipinski definition) is 6. The average molecular weight is 397 g/mol. The van der Waals surface area contributed by atoms with E-state index in [9.17, 15) is 5.11 Å². The van der Waals surface area contributed by atoms with Gasteiger partial charge in [-0.25, -0.2) is 0 Å². The summed E-state index contributed by atoms with van der Waals surface area (Å²) >= 11 is 4.21. The van der Waals surface area contributed by atoms with Gasteiger partial charge in [-0.15, -0.1) is 0 Å². The van der Waals surface area contributed by atoms with Gasteiger partial charge in [-0.05, 0) is 31.0 Å². The van der Waals surface area contributed by atoms with Crippen molar-refractivity contribution in [3.63, 3.8) is 0 Å². The molecule has 1 aromatic rings. The lowest BCUT2D eigenvalue weighted by Gasteiger charge is -2.44. The zero-order valence-corrected chi connectivity index (χ0v) is 17.4. The second-order valence-corrected chi connectivity index (χ2v) is 9.31. The maximum Gasteiger partial charge on any atom is 0.119 e. The van der Waals surface area contributed by atoms with Crippen LogP contribution in [0.25, 0.3) is 0 Å². The van der Waals surface area contributed by atoms with E-state index in [1.165, 1.54) is 28.6 Å². The highest BCUT2D eigenvalue weighted by Gasteiger charge is 2.31. The molecule has 0 bridgehead atoms. The molecule has 0 amide bonds. The molecule has 2 heterocycles. The third-order valence-electron chi connectivity index (χ3n) is 5.23. The van der Waals surface area contributed by atoms with Crippen LogP contribution in [0.1, 0.15) is 18.9 Å². The summed E-state index contributed by atoms with van der Waals surface area (Å²) in [5.41, 5.74) is 1.32. The first-order valence-electron chi connectivity index (χ1n) is 9.76. The quantitative estimate of drug-likeness (QED) is 0.764. The number of aliphatic hydroxyl groups is 1. The molecule has 4 nitrogen and oxygen atoms in total. The SMILES string of the molecule is CCOc1ccc(CN2CCN(C3CSCCSC3)CC2CCO)cc1. The third-order valence-corrected chi connectivity index (χ3v) is 7.71. The Morgan fingerprint density at radius 3 is 2.50 bits per heavy atom. The van der Waals surface area contributed by atoms with Gasteiger partial charge in [0.15, 0.2) is 0 Å². The first-order valence-corrected chi connectivity index (χ1v) is 12.1. The van der Waals surface area contributed by atoms with Gasteiger partial charge in [0.05, 0.1) is 6.61 Å². The van der Waals surface area contributed by atoms with Crippen molar-refractivity contribution >= 4 is 23.5 Å². The van der Waals surface area contributed by atoms with Gasteiger partial charge in [-0.1, -0.05) is 12.1 Å². The van der Waals surface area contributed by atoms with E-state index in [2.05, 4.69) is 57.6 Å². The standard InChI is InChI=1S/C20H32N2O2S2/c1-2-24-20-5-3-17(4-6-20)13-21-8-9-22(14-18(21)7-10-23)19-15-25-11-12-26-16-19/h3-6,18-19,23H,2,7-16H2,1H3. The second-order valence-electron chi connectivity index (χ2n) is 7.01. The highest BCUT2D eigenvalue weighted by molar-refractivity contribution is 8.03. The molecule has 0 spiro atoms. The predicted octanol–water partition coefficient (Wildman–Crippen LogP) is 2.80. The van der Waals surface area contributed by atoms with E-state index in [1.807, 2.05) is 6.92 Å². The van der Waals surface area contributed by atoms with Gasteiger partial charge >= 0.3 is 0 Å². The predicted molar refractivity (Wildman–Crippen MR) is 114 cm³/mol. The number of hydrogen-bond donors (Lipinski definition) is 1. The van der Waals surface area contributed by atoms with E-state index in [1.54, 1.807) is 0 Å². The van der Waals surface area contributed by atoms with Crippen molar-refractivity contribution in [2.45, 2.75) is 32.0 Å². The molecular weight excluding hydrogens is 364 g/mol.